The number of esters is 5. The Morgan fingerprint density at radius 2 is 1.44 bits per heavy atom. The van der Waals surface area contributed by atoms with Gasteiger partial charge in [-0.3, -0.25) is 19.2 Å². The molecule has 13 heteroatoms. The number of carbonyl (C=O) groups excluding carboxylic acids is 6. The zero-order valence-electron chi connectivity index (χ0n) is 28.2. The predicted molar refractivity (Wildman–Crippen MR) is 164 cm³/mol. The normalized spacial score (nSPS) is 39.2. The lowest BCUT2D eigenvalue weighted by Gasteiger charge is -2.58. The smallest absolute Gasteiger partial charge is 0.338 e. The van der Waals surface area contributed by atoms with Crippen molar-refractivity contribution in [3.63, 3.8) is 0 Å². The third kappa shape index (κ3) is 5.48. The van der Waals surface area contributed by atoms with E-state index in [2.05, 4.69) is 0 Å². The summed E-state index contributed by atoms with van der Waals surface area (Å²) in [6, 6.07) is 8.06. The maximum atomic E-state index is 14.1. The van der Waals surface area contributed by atoms with Crippen LogP contribution in [0.5, 0.6) is 0 Å². The van der Waals surface area contributed by atoms with E-state index in [1.807, 2.05) is 0 Å². The summed E-state index contributed by atoms with van der Waals surface area (Å²) in [6.45, 7) is 9.09. The first-order valence-electron chi connectivity index (χ1n) is 16.2. The van der Waals surface area contributed by atoms with Gasteiger partial charge in [0.1, 0.15) is 30.2 Å². The van der Waals surface area contributed by atoms with Gasteiger partial charge in [0.05, 0.1) is 16.9 Å². The highest BCUT2D eigenvalue weighted by molar-refractivity contribution is 5.90. The summed E-state index contributed by atoms with van der Waals surface area (Å²) >= 11 is 0. The Kier molecular flexibility index (Phi) is 9.05. The lowest BCUT2D eigenvalue weighted by molar-refractivity contribution is -0.269. The second-order valence-electron chi connectivity index (χ2n) is 14.8. The summed E-state index contributed by atoms with van der Waals surface area (Å²) in [7, 11) is 0. The molecule has 4 fully saturated rings. The summed E-state index contributed by atoms with van der Waals surface area (Å²) < 4.78 is 30.3. The summed E-state index contributed by atoms with van der Waals surface area (Å²) in [4.78, 5) is 79.8. The summed E-state index contributed by atoms with van der Waals surface area (Å²) in [5, 5.41) is 23.0. The number of benzene rings is 1. The quantitative estimate of drug-likeness (QED) is 0.318. The molecule has 4 saturated carbocycles. The van der Waals surface area contributed by atoms with Crippen molar-refractivity contribution in [3.8, 4) is 0 Å². The first-order chi connectivity index (χ1) is 22.3. The number of carbonyl (C=O) groups is 6. The molecule has 0 saturated heterocycles. The van der Waals surface area contributed by atoms with Crippen molar-refractivity contribution in [1.29, 1.82) is 0 Å². The van der Waals surface area contributed by atoms with Gasteiger partial charge in [-0.25, -0.2) is 9.59 Å². The molecule has 0 amide bonds. The summed E-state index contributed by atoms with van der Waals surface area (Å²) in [6.07, 6.45) is -6.36. The van der Waals surface area contributed by atoms with Crippen LogP contribution in [0.15, 0.2) is 30.3 Å². The van der Waals surface area contributed by atoms with E-state index < -0.39 is 107 Å². The van der Waals surface area contributed by atoms with Gasteiger partial charge >= 0.3 is 29.8 Å². The van der Waals surface area contributed by atoms with Crippen molar-refractivity contribution in [2.24, 2.45) is 34.5 Å². The van der Waals surface area contributed by atoms with E-state index >= 15 is 0 Å². The Labute approximate surface area is 278 Å². The highest BCUT2D eigenvalue weighted by Crippen LogP contribution is 2.69. The fraction of sp³-hybridized carbons (Fsp3) is 0.657. The molecular formula is C35H44O13. The van der Waals surface area contributed by atoms with E-state index in [-0.39, 0.29) is 30.6 Å². The minimum absolute atomic E-state index is 0.164. The number of aliphatic hydroxyl groups excluding tert-OH is 1. The van der Waals surface area contributed by atoms with E-state index in [0.717, 1.165) is 20.8 Å². The van der Waals surface area contributed by atoms with E-state index in [9.17, 15) is 39.0 Å². The molecule has 1 aromatic rings. The van der Waals surface area contributed by atoms with Gasteiger partial charge < -0.3 is 33.9 Å². The van der Waals surface area contributed by atoms with Crippen LogP contribution in [-0.2, 0) is 47.7 Å². The Morgan fingerprint density at radius 1 is 0.833 bits per heavy atom. The predicted octanol–water partition coefficient (Wildman–Crippen LogP) is 2.32. The van der Waals surface area contributed by atoms with Crippen LogP contribution in [0.1, 0.15) is 78.1 Å². The molecular weight excluding hydrogens is 628 g/mol. The number of fused-ring (bicyclic) bond motifs is 5. The SMILES string of the molecule is CC(=O)O[C@@H]1[C@]2(OC(C)=O)C[C@@H]3C(=O)C(C)(C)C[C@@H]3[C@]1(C)[C@@H](OC(C)=O)[C@]1(O)C[C@@H](C)[C@H](OC(=O)c3ccccc3)[C@@H]1[C@H]2OC(=O)CO. The third-order valence-corrected chi connectivity index (χ3v) is 11.1. The Balaban J connectivity index is 1.86. The molecule has 4 aliphatic rings. The van der Waals surface area contributed by atoms with Crippen molar-refractivity contribution in [2.75, 3.05) is 6.61 Å². The van der Waals surface area contributed by atoms with E-state index in [4.69, 9.17) is 23.7 Å². The molecule has 262 valence electrons. The van der Waals surface area contributed by atoms with Crippen LogP contribution < -0.4 is 0 Å². The van der Waals surface area contributed by atoms with Gasteiger partial charge in [-0.2, -0.15) is 0 Å². The monoisotopic (exact) mass is 672 g/mol. The number of ketones is 1. The lowest BCUT2D eigenvalue weighted by Crippen LogP contribution is -2.70. The Hall–Kier alpha value is -3.84. The minimum Gasteiger partial charge on any atom is -0.459 e. The van der Waals surface area contributed by atoms with E-state index in [1.165, 1.54) is 12.1 Å². The molecule has 4 aliphatic carbocycles. The van der Waals surface area contributed by atoms with Gasteiger partial charge in [-0.05, 0) is 36.8 Å². The van der Waals surface area contributed by atoms with Gasteiger partial charge in [0.2, 0.25) is 0 Å². The maximum absolute atomic E-state index is 14.1. The number of hydrogen-bond acceptors (Lipinski definition) is 13. The Morgan fingerprint density at radius 3 is 2.00 bits per heavy atom. The maximum Gasteiger partial charge on any atom is 0.338 e. The first-order valence-corrected chi connectivity index (χ1v) is 16.2. The van der Waals surface area contributed by atoms with Crippen molar-refractivity contribution >= 4 is 35.6 Å². The average Bonchev–Trinajstić information content (AvgIpc) is 3.38. The second-order valence-corrected chi connectivity index (χ2v) is 14.8. The molecule has 0 spiro atoms. The zero-order valence-corrected chi connectivity index (χ0v) is 28.2. The number of rotatable bonds is 7. The van der Waals surface area contributed by atoms with Crippen molar-refractivity contribution in [3.05, 3.63) is 35.9 Å². The summed E-state index contributed by atoms with van der Waals surface area (Å²) in [5.41, 5.74) is -6.71. The number of aliphatic hydroxyl groups is 2. The Bertz CT molecular complexity index is 1500. The molecule has 0 radical (unpaired) electrons. The fourth-order valence-electron chi connectivity index (χ4n) is 9.62. The lowest BCUT2D eigenvalue weighted by atomic mass is 9.53. The van der Waals surface area contributed by atoms with Gasteiger partial charge in [0.15, 0.2) is 17.8 Å². The molecule has 0 heterocycles. The van der Waals surface area contributed by atoms with Crippen LogP contribution in [0.25, 0.3) is 0 Å². The standard InChI is InChI=1S/C35H44O13/c1-17-13-34(43)25(26(17)47-29(42)21-11-9-8-10-12-21)28(46-24(40)16-36)35(48-20(4)39)14-22-23(15-32(5,6)27(22)41)33(7,30(34)44-18(2)37)31(35)45-19(3)38/h8-12,17,22-23,25-26,28,30-31,36,43H,13-16H2,1-7H3/t17-,22+,23+,25-,26+,28-,30-,31+,33-,34+,35+/m1/s1. The highest BCUT2D eigenvalue weighted by Gasteiger charge is 2.82. The van der Waals surface area contributed by atoms with Crippen LogP contribution in [-0.4, -0.2) is 88.1 Å². The molecule has 48 heavy (non-hydrogen) atoms. The van der Waals surface area contributed by atoms with Crippen LogP contribution >= 0.6 is 0 Å². The fourth-order valence-corrected chi connectivity index (χ4v) is 9.62. The largest absolute Gasteiger partial charge is 0.459 e. The molecule has 2 N–H and O–H groups in total. The van der Waals surface area contributed by atoms with Crippen LogP contribution in [0, 0.1) is 34.5 Å². The third-order valence-electron chi connectivity index (χ3n) is 11.1. The molecule has 2 bridgehead atoms. The van der Waals surface area contributed by atoms with Crippen LogP contribution in [0.2, 0.25) is 0 Å². The van der Waals surface area contributed by atoms with Crippen molar-refractivity contribution in [2.45, 2.75) is 103 Å². The molecule has 11 atom stereocenters. The van der Waals surface area contributed by atoms with Gasteiger partial charge in [0.25, 0.3) is 0 Å². The van der Waals surface area contributed by atoms with Gasteiger partial charge in [-0.1, -0.05) is 45.9 Å². The molecule has 0 aliphatic heterocycles. The van der Waals surface area contributed by atoms with Crippen molar-refractivity contribution in [1.82, 2.24) is 0 Å². The first kappa shape index (κ1) is 35.5. The van der Waals surface area contributed by atoms with Gasteiger partial charge in [0, 0.05) is 38.5 Å². The number of hydrogen-bond donors (Lipinski definition) is 2. The highest BCUT2D eigenvalue weighted by atomic mass is 16.6. The summed E-state index contributed by atoms with van der Waals surface area (Å²) in [5.74, 6) is -8.37. The topological polar surface area (TPSA) is 189 Å². The minimum atomic E-state index is -2.18. The molecule has 13 nitrogen and oxygen atoms in total. The second kappa shape index (κ2) is 12.2. The molecule has 0 unspecified atom stereocenters. The average molecular weight is 673 g/mol. The van der Waals surface area contributed by atoms with Crippen LogP contribution in [0.4, 0.5) is 0 Å². The van der Waals surface area contributed by atoms with Crippen LogP contribution in [0.3, 0.4) is 0 Å². The van der Waals surface area contributed by atoms with Crippen molar-refractivity contribution < 1.29 is 62.7 Å². The molecule has 0 aromatic heterocycles. The zero-order chi connectivity index (χ0) is 35.6. The molecule has 5 rings (SSSR count). The van der Waals surface area contributed by atoms with Gasteiger partial charge in [-0.15, -0.1) is 0 Å². The number of Topliss-reactive ketones (excluding diaryl/α,β-unsaturated/α-hetero) is 1. The molecule has 1 aromatic carbocycles. The van der Waals surface area contributed by atoms with E-state index in [0.29, 0.717) is 0 Å². The van der Waals surface area contributed by atoms with E-state index in [1.54, 1.807) is 45.9 Å². The number of ether oxygens (including phenoxy) is 5.